The van der Waals surface area contributed by atoms with Crippen LogP contribution in [0.15, 0.2) is 48.7 Å². The van der Waals surface area contributed by atoms with Crippen molar-refractivity contribution in [2.45, 2.75) is 13.1 Å². The number of piperazine rings is 1. The Labute approximate surface area is 192 Å². The molecule has 0 bridgehead atoms. The molecule has 1 aliphatic heterocycles. The Morgan fingerprint density at radius 2 is 1.48 bits per heavy atom. The van der Waals surface area contributed by atoms with Gasteiger partial charge in [0.1, 0.15) is 11.5 Å². The number of aliphatic carboxylic acids is 2. The smallest absolute Gasteiger partial charge is 0.414 e. The minimum absolute atomic E-state index is 0.833. The van der Waals surface area contributed by atoms with Gasteiger partial charge in [-0.3, -0.25) is 9.80 Å². The topological polar surface area (TPSA) is 115 Å². The number of ether oxygens (including phenoxy) is 2. The van der Waals surface area contributed by atoms with Crippen LogP contribution in [0.25, 0.3) is 10.9 Å². The summed E-state index contributed by atoms with van der Waals surface area (Å²) in [5.41, 5.74) is 3.82. The van der Waals surface area contributed by atoms with Gasteiger partial charge in [-0.25, -0.2) is 9.59 Å². The van der Waals surface area contributed by atoms with Gasteiger partial charge >= 0.3 is 11.9 Å². The van der Waals surface area contributed by atoms with Gasteiger partial charge in [0.2, 0.25) is 0 Å². The third kappa shape index (κ3) is 6.47. The first-order valence-electron chi connectivity index (χ1n) is 10.6. The van der Waals surface area contributed by atoms with Crippen molar-refractivity contribution in [1.29, 1.82) is 0 Å². The molecule has 0 atom stereocenters. The van der Waals surface area contributed by atoms with Crippen molar-refractivity contribution >= 4 is 22.8 Å². The number of para-hydroxylation sites is 1. The number of aromatic amines is 1. The summed E-state index contributed by atoms with van der Waals surface area (Å²) in [6.07, 6.45) is 2.15. The van der Waals surface area contributed by atoms with Crippen molar-refractivity contribution in [1.82, 2.24) is 14.8 Å². The molecular weight excluding hydrogens is 426 g/mol. The van der Waals surface area contributed by atoms with Gasteiger partial charge in [0.05, 0.1) is 14.2 Å². The second-order valence-corrected chi connectivity index (χ2v) is 7.70. The number of benzene rings is 2. The largest absolute Gasteiger partial charge is 0.497 e. The van der Waals surface area contributed by atoms with Crippen LogP contribution in [-0.2, 0) is 22.7 Å². The molecule has 1 fully saturated rings. The minimum atomic E-state index is -1.82. The highest BCUT2D eigenvalue weighted by atomic mass is 16.5. The SMILES string of the molecule is COc1ccc(CN2CCN(Cc3c[nH]c4ccccc34)CC2)c(OC)c1.O=C(O)C(=O)O. The molecule has 0 radical (unpaired) electrons. The van der Waals surface area contributed by atoms with E-state index in [0.29, 0.717) is 0 Å². The molecule has 33 heavy (non-hydrogen) atoms. The summed E-state index contributed by atoms with van der Waals surface area (Å²) < 4.78 is 10.8. The van der Waals surface area contributed by atoms with Crippen molar-refractivity contribution in [3.05, 3.63) is 59.8 Å². The molecule has 0 unspecified atom stereocenters. The molecule has 3 N–H and O–H groups in total. The van der Waals surface area contributed by atoms with E-state index < -0.39 is 11.9 Å². The molecule has 4 rings (SSSR count). The van der Waals surface area contributed by atoms with E-state index >= 15 is 0 Å². The highest BCUT2D eigenvalue weighted by molar-refractivity contribution is 6.27. The molecule has 1 aliphatic rings. The molecule has 176 valence electrons. The molecule has 0 aliphatic carbocycles. The zero-order chi connectivity index (χ0) is 23.8. The number of methoxy groups -OCH3 is 2. The number of H-pyrrole nitrogens is 1. The number of rotatable bonds is 6. The number of nitrogens with one attached hydrogen (secondary N) is 1. The quantitative estimate of drug-likeness (QED) is 0.486. The van der Waals surface area contributed by atoms with Crippen LogP contribution in [-0.4, -0.2) is 77.3 Å². The van der Waals surface area contributed by atoms with E-state index in [1.54, 1.807) is 14.2 Å². The fraction of sp³-hybridized carbons (Fsp3) is 0.333. The summed E-state index contributed by atoms with van der Waals surface area (Å²) in [5, 5.41) is 16.1. The van der Waals surface area contributed by atoms with E-state index in [1.807, 2.05) is 12.1 Å². The maximum Gasteiger partial charge on any atom is 0.414 e. The number of hydrogen-bond donors (Lipinski definition) is 3. The van der Waals surface area contributed by atoms with E-state index in [-0.39, 0.29) is 0 Å². The van der Waals surface area contributed by atoms with Gasteiger partial charge < -0.3 is 24.7 Å². The zero-order valence-electron chi connectivity index (χ0n) is 18.8. The summed E-state index contributed by atoms with van der Waals surface area (Å²) in [6, 6.07) is 14.6. The Morgan fingerprint density at radius 3 is 2.06 bits per heavy atom. The van der Waals surface area contributed by atoms with E-state index in [2.05, 4.69) is 51.3 Å². The van der Waals surface area contributed by atoms with E-state index in [0.717, 1.165) is 50.8 Å². The summed E-state index contributed by atoms with van der Waals surface area (Å²) in [7, 11) is 3.40. The fourth-order valence-electron chi connectivity index (χ4n) is 3.83. The van der Waals surface area contributed by atoms with Gasteiger partial charge in [-0.2, -0.15) is 0 Å². The lowest BCUT2D eigenvalue weighted by Gasteiger charge is -2.34. The van der Waals surface area contributed by atoms with Gasteiger partial charge in [-0.1, -0.05) is 24.3 Å². The zero-order valence-corrected chi connectivity index (χ0v) is 18.8. The monoisotopic (exact) mass is 455 g/mol. The lowest BCUT2D eigenvalue weighted by atomic mass is 10.1. The Kier molecular flexibility index (Phi) is 8.28. The third-order valence-corrected chi connectivity index (χ3v) is 5.60. The van der Waals surface area contributed by atoms with Crippen LogP contribution in [0.3, 0.4) is 0 Å². The molecule has 3 aromatic rings. The average molecular weight is 456 g/mol. The fourth-order valence-corrected chi connectivity index (χ4v) is 3.83. The predicted molar refractivity (Wildman–Crippen MR) is 124 cm³/mol. The molecule has 0 spiro atoms. The van der Waals surface area contributed by atoms with Crippen LogP contribution >= 0.6 is 0 Å². The van der Waals surface area contributed by atoms with Crippen molar-refractivity contribution in [2.24, 2.45) is 0 Å². The molecular formula is C24H29N3O6. The van der Waals surface area contributed by atoms with Crippen molar-refractivity contribution < 1.29 is 29.3 Å². The molecule has 9 nitrogen and oxygen atoms in total. The van der Waals surface area contributed by atoms with Gasteiger partial charge in [0.15, 0.2) is 0 Å². The Balaban J connectivity index is 0.000000454. The summed E-state index contributed by atoms with van der Waals surface area (Å²) in [5.74, 6) is -1.92. The molecule has 0 saturated carbocycles. The van der Waals surface area contributed by atoms with Crippen LogP contribution in [0.2, 0.25) is 0 Å². The molecule has 1 aromatic heterocycles. The van der Waals surface area contributed by atoms with Gasteiger partial charge in [0.25, 0.3) is 0 Å². The molecule has 0 amide bonds. The lowest BCUT2D eigenvalue weighted by Crippen LogP contribution is -2.45. The van der Waals surface area contributed by atoms with Gasteiger partial charge in [-0.05, 0) is 17.7 Å². The van der Waals surface area contributed by atoms with Crippen LogP contribution in [0.4, 0.5) is 0 Å². The van der Waals surface area contributed by atoms with Crippen LogP contribution in [0.5, 0.6) is 11.5 Å². The van der Waals surface area contributed by atoms with Crippen molar-refractivity contribution in [2.75, 3.05) is 40.4 Å². The highest BCUT2D eigenvalue weighted by Gasteiger charge is 2.19. The average Bonchev–Trinajstić information content (AvgIpc) is 3.23. The van der Waals surface area contributed by atoms with Crippen LogP contribution in [0.1, 0.15) is 11.1 Å². The van der Waals surface area contributed by atoms with E-state index in [4.69, 9.17) is 29.3 Å². The van der Waals surface area contributed by atoms with Gasteiger partial charge in [0, 0.05) is 68.0 Å². The predicted octanol–water partition coefficient (Wildman–Crippen LogP) is 2.66. The lowest BCUT2D eigenvalue weighted by molar-refractivity contribution is -0.159. The molecule has 9 heteroatoms. The Morgan fingerprint density at radius 1 is 0.879 bits per heavy atom. The van der Waals surface area contributed by atoms with E-state index in [1.165, 1.54) is 22.0 Å². The highest BCUT2D eigenvalue weighted by Crippen LogP contribution is 2.26. The van der Waals surface area contributed by atoms with Gasteiger partial charge in [-0.15, -0.1) is 0 Å². The van der Waals surface area contributed by atoms with Crippen molar-refractivity contribution in [3.63, 3.8) is 0 Å². The summed E-state index contributed by atoms with van der Waals surface area (Å²) in [6.45, 7) is 6.21. The third-order valence-electron chi connectivity index (χ3n) is 5.60. The maximum atomic E-state index is 9.10. The Hall–Kier alpha value is -3.56. The van der Waals surface area contributed by atoms with Crippen LogP contribution in [0, 0.1) is 0 Å². The second-order valence-electron chi connectivity index (χ2n) is 7.70. The summed E-state index contributed by atoms with van der Waals surface area (Å²) >= 11 is 0. The number of aromatic nitrogens is 1. The number of hydrogen-bond acceptors (Lipinski definition) is 6. The number of carboxylic acid groups (broad SMARTS) is 2. The number of carbonyl (C=O) groups is 2. The maximum absolute atomic E-state index is 9.10. The first-order valence-corrected chi connectivity index (χ1v) is 10.6. The van der Waals surface area contributed by atoms with Crippen LogP contribution < -0.4 is 9.47 Å². The molecule has 1 saturated heterocycles. The minimum Gasteiger partial charge on any atom is -0.497 e. The van der Waals surface area contributed by atoms with E-state index in [9.17, 15) is 0 Å². The normalized spacial score (nSPS) is 14.4. The number of nitrogens with zero attached hydrogens (tertiary/aromatic N) is 2. The number of fused-ring (bicyclic) bond motifs is 1. The number of carboxylic acids is 2. The Bertz CT molecular complexity index is 1080. The summed E-state index contributed by atoms with van der Waals surface area (Å²) in [4.78, 5) is 26.6. The standard InChI is InChI=1S/C22H27N3O2.C2H2O4/c1-26-19-8-7-17(22(13-19)27-2)15-24-9-11-25(12-10-24)16-18-14-23-21-6-4-3-5-20(18)21;3-1(4)2(5)6/h3-8,13-14,23H,9-12,15-16H2,1-2H3;(H,3,4)(H,5,6). The van der Waals surface area contributed by atoms with Crippen molar-refractivity contribution in [3.8, 4) is 11.5 Å². The molecule has 2 heterocycles. The first kappa shape index (κ1) is 24.1. The first-order chi connectivity index (χ1) is 15.9. The molecule has 2 aromatic carbocycles. The second kappa shape index (κ2) is 11.3.